The number of carboxylic acids is 1. The van der Waals surface area contributed by atoms with Gasteiger partial charge in [-0.2, -0.15) is 0 Å². The first-order chi connectivity index (χ1) is 13.9. The summed E-state index contributed by atoms with van der Waals surface area (Å²) in [6.07, 6.45) is 2.79. The Morgan fingerprint density at radius 1 is 1.07 bits per heavy atom. The molecule has 5 nitrogen and oxygen atoms in total. The molecule has 1 amide bonds. The predicted octanol–water partition coefficient (Wildman–Crippen LogP) is 4.64. The highest BCUT2D eigenvalue weighted by Gasteiger charge is 2.16. The standard InChI is InChI=1S/C23H25NO4S/c1-3-19(23(27)28)13-18-9-11-21(12-10-18)24-22(26)20(15-29-16(2)25)14-17-7-5-4-6-8-17/h4-12,14,19H,3,13,15H2,1-2H3,(H,24,26)(H,27,28). The van der Waals surface area contributed by atoms with Gasteiger partial charge in [0.05, 0.1) is 5.92 Å². The van der Waals surface area contributed by atoms with Crippen LogP contribution >= 0.6 is 11.8 Å². The molecule has 1 atom stereocenters. The SMILES string of the molecule is CCC(Cc1ccc(NC(=O)C(=Cc2ccccc2)CSC(C)=O)cc1)C(=O)O. The smallest absolute Gasteiger partial charge is 0.306 e. The summed E-state index contributed by atoms with van der Waals surface area (Å²) in [4.78, 5) is 35.3. The van der Waals surface area contributed by atoms with Crippen molar-refractivity contribution in [2.24, 2.45) is 5.92 Å². The molecule has 0 heterocycles. The van der Waals surface area contributed by atoms with Crippen LogP contribution in [-0.4, -0.2) is 27.9 Å². The molecule has 0 saturated heterocycles. The van der Waals surface area contributed by atoms with Crippen LogP contribution in [0.2, 0.25) is 0 Å². The number of carboxylic acid groups (broad SMARTS) is 1. The maximum absolute atomic E-state index is 12.7. The van der Waals surface area contributed by atoms with Crippen LogP contribution in [0.3, 0.4) is 0 Å². The number of thioether (sulfide) groups is 1. The second-order valence-electron chi connectivity index (χ2n) is 6.66. The third-order valence-electron chi connectivity index (χ3n) is 4.40. The van der Waals surface area contributed by atoms with Crippen molar-refractivity contribution in [3.63, 3.8) is 0 Å². The van der Waals surface area contributed by atoms with Crippen molar-refractivity contribution >= 4 is 40.5 Å². The summed E-state index contributed by atoms with van der Waals surface area (Å²) in [7, 11) is 0. The molecule has 2 rings (SSSR count). The number of amides is 1. The maximum atomic E-state index is 12.7. The van der Waals surface area contributed by atoms with Gasteiger partial charge >= 0.3 is 5.97 Å². The van der Waals surface area contributed by atoms with E-state index in [4.69, 9.17) is 0 Å². The number of nitrogens with one attached hydrogen (secondary N) is 1. The van der Waals surface area contributed by atoms with Crippen LogP contribution in [0, 0.1) is 5.92 Å². The fourth-order valence-electron chi connectivity index (χ4n) is 2.73. The first-order valence-corrected chi connectivity index (χ1v) is 10.4. The van der Waals surface area contributed by atoms with Crippen molar-refractivity contribution in [1.82, 2.24) is 0 Å². The summed E-state index contributed by atoms with van der Waals surface area (Å²) >= 11 is 1.09. The Morgan fingerprint density at radius 2 is 1.72 bits per heavy atom. The Hall–Kier alpha value is -2.86. The topological polar surface area (TPSA) is 83.5 Å². The molecule has 6 heteroatoms. The van der Waals surface area contributed by atoms with Gasteiger partial charge in [-0.3, -0.25) is 14.4 Å². The Labute approximate surface area is 175 Å². The molecule has 0 aliphatic carbocycles. The summed E-state index contributed by atoms with van der Waals surface area (Å²) in [5, 5.41) is 12.0. The van der Waals surface area contributed by atoms with Gasteiger partial charge in [0.25, 0.3) is 5.91 Å². The van der Waals surface area contributed by atoms with E-state index >= 15 is 0 Å². The third kappa shape index (κ3) is 7.58. The van der Waals surface area contributed by atoms with Crippen molar-refractivity contribution in [3.05, 3.63) is 71.3 Å². The Bertz CT molecular complexity index is 876. The first-order valence-electron chi connectivity index (χ1n) is 9.41. The van der Waals surface area contributed by atoms with E-state index in [0.29, 0.717) is 24.1 Å². The first kappa shape index (κ1) is 22.4. The van der Waals surface area contributed by atoms with Gasteiger partial charge in [0, 0.05) is 23.9 Å². The molecule has 2 aromatic carbocycles. The average Bonchev–Trinajstić information content (AvgIpc) is 2.70. The maximum Gasteiger partial charge on any atom is 0.306 e. The highest BCUT2D eigenvalue weighted by atomic mass is 32.2. The molecule has 2 N–H and O–H groups in total. The van der Waals surface area contributed by atoms with E-state index in [1.54, 1.807) is 18.2 Å². The van der Waals surface area contributed by atoms with E-state index in [2.05, 4.69) is 5.32 Å². The normalized spacial score (nSPS) is 12.3. The predicted molar refractivity (Wildman–Crippen MR) is 118 cm³/mol. The second kappa shape index (κ2) is 11.2. The molecule has 29 heavy (non-hydrogen) atoms. The molecular weight excluding hydrogens is 386 g/mol. The Morgan fingerprint density at radius 3 is 2.28 bits per heavy atom. The zero-order valence-corrected chi connectivity index (χ0v) is 17.4. The number of hydrogen-bond donors (Lipinski definition) is 2. The number of rotatable bonds is 9. The van der Waals surface area contributed by atoms with Gasteiger partial charge in [-0.15, -0.1) is 0 Å². The number of carbonyl (C=O) groups excluding carboxylic acids is 2. The van der Waals surface area contributed by atoms with E-state index in [1.165, 1.54) is 6.92 Å². The van der Waals surface area contributed by atoms with Crippen LogP contribution in [0.25, 0.3) is 6.08 Å². The average molecular weight is 412 g/mol. The van der Waals surface area contributed by atoms with Crippen molar-refractivity contribution in [3.8, 4) is 0 Å². The van der Waals surface area contributed by atoms with Crippen molar-refractivity contribution in [2.45, 2.75) is 26.7 Å². The van der Waals surface area contributed by atoms with Gasteiger partial charge < -0.3 is 10.4 Å². The highest BCUT2D eigenvalue weighted by Crippen LogP contribution is 2.18. The molecule has 2 aromatic rings. The molecule has 152 valence electrons. The Kier molecular flexibility index (Phi) is 8.68. The molecule has 0 aromatic heterocycles. The fraction of sp³-hybridized carbons (Fsp3) is 0.261. The summed E-state index contributed by atoms with van der Waals surface area (Å²) < 4.78 is 0. The minimum atomic E-state index is -0.802. The number of hydrogen-bond acceptors (Lipinski definition) is 4. The summed E-state index contributed by atoms with van der Waals surface area (Å²) in [6.45, 7) is 3.33. The molecule has 0 aliphatic rings. The molecule has 0 aliphatic heterocycles. The van der Waals surface area contributed by atoms with E-state index in [0.717, 1.165) is 22.9 Å². The minimum absolute atomic E-state index is 0.0509. The van der Waals surface area contributed by atoms with Crippen LogP contribution in [-0.2, 0) is 20.8 Å². The van der Waals surface area contributed by atoms with Gasteiger partial charge in [0.1, 0.15) is 0 Å². The van der Waals surface area contributed by atoms with Gasteiger partial charge in [-0.1, -0.05) is 61.2 Å². The van der Waals surface area contributed by atoms with Crippen LogP contribution in [0.1, 0.15) is 31.4 Å². The van der Waals surface area contributed by atoms with Crippen LogP contribution in [0.4, 0.5) is 5.69 Å². The number of anilines is 1. The molecule has 0 radical (unpaired) electrons. The third-order valence-corrected chi connectivity index (χ3v) is 5.26. The largest absolute Gasteiger partial charge is 0.481 e. The number of benzene rings is 2. The molecule has 0 fully saturated rings. The van der Waals surface area contributed by atoms with E-state index in [-0.39, 0.29) is 16.8 Å². The number of aliphatic carboxylic acids is 1. The summed E-state index contributed by atoms with van der Waals surface area (Å²) in [6, 6.07) is 16.6. The van der Waals surface area contributed by atoms with Crippen LogP contribution in [0.15, 0.2) is 60.2 Å². The van der Waals surface area contributed by atoms with Gasteiger partial charge in [0.2, 0.25) is 0 Å². The fourth-order valence-corrected chi connectivity index (χ4v) is 3.30. The lowest BCUT2D eigenvalue weighted by Crippen LogP contribution is -2.17. The van der Waals surface area contributed by atoms with Crippen molar-refractivity contribution in [2.75, 3.05) is 11.1 Å². The lowest BCUT2D eigenvalue weighted by molar-refractivity contribution is -0.141. The zero-order valence-electron chi connectivity index (χ0n) is 16.6. The highest BCUT2D eigenvalue weighted by molar-refractivity contribution is 8.13. The van der Waals surface area contributed by atoms with Crippen LogP contribution < -0.4 is 5.32 Å². The minimum Gasteiger partial charge on any atom is -0.481 e. The molecule has 0 spiro atoms. The van der Waals surface area contributed by atoms with Crippen LogP contribution in [0.5, 0.6) is 0 Å². The summed E-state index contributed by atoms with van der Waals surface area (Å²) in [5.41, 5.74) is 2.91. The lowest BCUT2D eigenvalue weighted by Gasteiger charge is -2.12. The van der Waals surface area contributed by atoms with Gasteiger partial charge in [-0.05, 0) is 42.2 Å². The van der Waals surface area contributed by atoms with E-state index in [1.807, 2.05) is 49.4 Å². The lowest BCUT2D eigenvalue weighted by atomic mass is 9.97. The van der Waals surface area contributed by atoms with Crippen molar-refractivity contribution in [1.29, 1.82) is 0 Å². The molecular formula is C23H25NO4S. The second-order valence-corrected chi connectivity index (χ2v) is 7.81. The van der Waals surface area contributed by atoms with E-state index < -0.39 is 11.9 Å². The van der Waals surface area contributed by atoms with E-state index in [9.17, 15) is 19.5 Å². The molecule has 0 bridgehead atoms. The quantitative estimate of drug-likeness (QED) is 0.587. The summed E-state index contributed by atoms with van der Waals surface area (Å²) in [5.74, 6) is -1.21. The Balaban J connectivity index is 2.11. The monoisotopic (exact) mass is 411 g/mol. The number of carbonyl (C=O) groups is 3. The zero-order chi connectivity index (χ0) is 21.2. The molecule has 0 saturated carbocycles. The molecule has 1 unspecified atom stereocenters. The van der Waals surface area contributed by atoms with Gasteiger partial charge in [-0.25, -0.2) is 0 Å². The van der Waals surface area contributed by atoms with Crippen molar-refractivity contribution < 1.29 is 19.5 Å². The van der Waals surface area contributed by atoms with Gasteiger partial charge in [0.15, 0.2) is 5.12 Å².